The van der Waals surface area contributed by atoms with Crippen LogP contribution in [-0.4, -0.2) is 17.0 Å². The van der Waals surface area contributed by atoms with E-state index in [0.717, 1.165) is 16.7 Å². The van der Waals surface area contributed by atoms with Gasteiger partial charge in [0, 0.05) is 39.1 Å². The number of rotatable bonds is 3. The molecule has 0 spiro atoms. The first kappa shape index (κ1) is 25.2. The van der Waals surface area contributed by atoms with Gasteiger partial charge in [-0.15, -0.1) is 0 Å². The minimum absolute atomic E-state index is 0.0737. The normalized spacial score (nSPS) is 13.5. The second-order valence-corrected chi connectivity index (χ2v) is 12.5. The second-order valence-electron chi connectivity index (χ2n) is 12.5. The maximum absolute atomic E-state index is 6.35. The van der Waals surface area contributed by atoms with Crippen LogP contribution in [-0.2, 0) is 5.41 Å². The van der Waals surface area contributed by atoms with Crippen molar-refractivity contribution in [1.82, 2.24) is 9.13 Å². The Balaban J connectivity index is 1.27. The molecule has 0 saturated carbocycles. The predicted octanol–water partition coefficient (Wildman–Crippen LogP) is 9.49. The van der Waals surface area contributed by atoms with Crippen LogP contribution < -0.4 is 5.46 Å². The fraction of sp³-hybridized carbons (Fsp3) is 0.0732. The van der Waals surface area contributed by atoms with Crippen molar-refractivity contribution in [2.75, 3.05) is 0 Å². The van der Waals surface area contributed by atoms with E-state index in [9.17, 15) is 0 Å². The molecule has 2 aromatic heterocycles. The Morgan fingerprint density at radius 1 is 0.523 bits per heavy atom. The van der Waals surface area contributed by atoms with Crippen LogP contribution in [0.2, 0.25) is 0 Å². The molecule has 0 N–H and O–H groups in total. The molecular weight excluding hydrogens is 531 g/mol. The lowest BCUT2D eigenvalue weighted by molar-refractivity contribution is 0.660. The molecule has 6 aromatic carbocycles. The standard InChI is InChI=1S/C41H29BN2/c1-41(2)36-11-7-6-10-31(36)32-18-17-30(25-37(32)41)44-39-20-14-28(42)24-35(39)33-19-21-38-34(40(33)44)22-23-43(38)29-15-12-27(13-16-29)26-8-4-3-5-9-26/h3-25H,1-2H3. The number of aromatic nitrogens is 2. The van der Waals surface area contributed by atoms with Gasteiger partial charge in [-0.2, -0.15) is 0 Å². The third-order valence-electron chi connectivity index (χ3n) is 9.70. The highest BCUT2D eigenvalue weighted by molar-refractivity contribution is 6.34. The Kier molecular flexibility index (Phi) is 5.23. The van der Waals surface area contributed by atoms with E-state index >= 15 is 0 Å². The number of hydrogen-bond acceptors (Lipinski definition) is 0. The number of hydrogen-bond donors (Lipinski definition) is 0. The topological polar surface area (TPSA) is 9.86 Å². The van der Waals surface area contributed by atoms with Crippen molar-refractivity contribution in [1.29, 1.82) is 0 Å². The van der Waals surface area contributed by atoms with E-state index in [-0.39, 0.29) is 5.41 Å². The molecule has 0 bridgehead atoms. The third-order valence-corrected chi connectivity index (χ3v) is 9.70. The van der Waals surface area contributed by atoms with Gasteiger partial charge in [0.05, 0.1) is 16.6 Å². The molecule has 8 aromatic rings. The summed E-state index contributed by atoms with van der Waals surface area (Å²) in [7, 11) is 6.35. The number of nitrogens with zero attached hydrogens (tertiary/aromatic N) is 2. The first-order valence-corrected chi connectivity index (χ1v) is 15.2. The Labute approximate surface area is 258 Å². The summed E-state index contributed by atoms with van der Waals surface area (Å²) < 4.78 is 4.73. The molecule has 9 rings (SSSR count). The first-order chi connectivity index (χ1) is 21.5. The molecule has 2 heterocycles. The minimum Gasteiger partial charge on any atom is -0.316 e. The van der Waals surface area contributed by atoms with Crippen LogP contribution in [0.15, 0.2) is 140 Å². The van der Waals surface area contributed by atoms with Crippen molar-refractivity contribution in [3.8, 4) is 33.6 Å². The van der Waals surface area contributed by atoms with Gasteiger partial charge in [-0.3, -0.25) is 0 Å². The van der Waals surface area contributed by atoms with Crippen molar-refractivity contribution in [2.45, 2.75) is 19.3 Å². The smallest absolute Gasteiger partial charge is 0.113 e. The first-order valence-electron chi connectivity index (χ1n) is 15.2. The molecule has 1 aliphatic rings. The minimum atomic E-state index is -0.0737. The van der Waals surface area contributed by atoms with Crippen molar-refractivity contribution in [3.05, 3.63) is 151 Å². The van der Waals surface area contributed by atoms with Gasteiger partial charge in [0.15, 0.2) is 0 Å². The molecule has 1 aliphatic carbocycles. The lowest BCUT2D eigenvalue weighted by atomic mass is 9.82. The second kappa shape index (κ2) is 9.11. The van der Waals surface area contributed by atoms with E-state index in [4.69, 9.17) is 7.85 Å². The van der Waals surface area contributed by atoms with Gasteiger partial charge in [0.1, 0.15) is 7.85 Å². The van der Waals surface area contributed by atoms with Crippen LogP contribution in [0.4, 0.5) is 0 Å². The van der Waals surface area contributed by atoms with Crippen LogP contribution in [0.1, 0.15) is 25.0 Å². The highest BCUT2D eigenvalue weighted by atomic mass is 15.0. The molecule has 206 valence electrons. The fourth-order valence-corrected chi connectivity index (χ4v) is 7.51. The van der Waals surface area contributed by atoms with E-state index in [1.54, 1.807) is 0 Å². The summed E-state index contributed by atoms with van der Waals surface area (Å²) >= 11 is 0. The highest BCUT2D eigenvalue weighted by Crippen LogP contribution is 2.49. The van der Waals surface area contributed by atoms with Crippen molar-refractivity contribution >= 4 is 46.0 Å². The Morgan fingerprint density at radius 2 is 1.23 bits per heavy atom. The largest absolute Gasteiger partial charge is 0.316 e. The SMILES string of the molecule is [B]c1ccc2c(c1)c1ccc3c(ccn3-c3ccc(-c4ccccc4)cc3)c1n2-c1ccc2c(c1)C(C)(C)c1ccccc1-2. The zero-order valence-corrected chi connectivity index (χ0v) is 24.8. The predicted molar refractivity (Wildman–Crippen MR) is 186 cm³/mol. The summed E-state index contributed by atoms with van der Waals surface area (Å²) in [6.45, 7) is 4.69. The average molecular weight is 561 g/mol. The summed E-state index contributed by atoms with van der Waals surface area (Å²) in [4.78, 5) is 0. The van der Waals surface area contributed by atoms with E-state index in [1.807, 2.05) is 6.07 Å². The van der Waals surface area contributed by atoms with Crippen LogP contribution in [0.5, 0.6) is 0 Å². The van der Waals surface area contributed by atoms with Crippen LogP contribution in [0, 0.1) is 0 Å². The molecule has 0 saturated heterocycles. The lowest BCUT2D eigenvalue weighted by Crippen LogP contribution is -2.15. The number of benzene rings is 6. The summed E-state index contributed by atoms with van der Waals surface area (Å²) in [6, 6.07) is 48.3. The molecule has 3 heteroatoms. The molecular formula is C41H29BN2. The van der Waals surface area contributed by atoms with Crippen molar-refractivity contribution in [2.24, 2.45) is 0 Å². The molecule has 0 atom stereocenters. The summed E-state index contributed by atoms with van der Waals surface area (Å²) in [6.07, 6.45) is 2.19. The van der Waals surface area contributed by atoms with E-state index < -0.39 is 0 Å². The molecule has 2 radical (unpaired) electrons. The summed E-state index contributed by atoms with van der Waals surface area (Å²) in [5, 5.41) is 3.59. The molecule has 2 nitrogen and oxygen atoms in total. The molecule has 44 heavy (non-hydrogen) atoms. The van der Waals surface area contributed by atoms with Crippen molar-refractivity contribution in [3.63, 3.8) is 0 Å². The van der Waals surface area contributed by atoms with E-state index in [2.05, 4.69) is 157 Å². The van der Waals surface area contributed by atoms with Crippen LogP contribution in [0.25, 0.3) is 66.3 Å². The molecule has 0 unspecified atom stereocenters. The molecule has 0 aliphatic heterocycles. The van der Waals surface area contributed by atoms with Gasteiger partial charge in [-0.1, -0.05) is 110 Å². The zero-order chi connectivity index (χ0) is 29.6. The van der Waals surface area contributed by atoms with Gasteiger partial charge >= 0.3 is 0 Å². The summed E-state index contributed by atoms with van der Waals surface area (Å²) in [5.41, 5.74) is 14.4. The Bertz CT molecular complexity index is 2410. The monoisotopic (exact) mass is 560 g/mol. The molecule has 0 fully saturated rings. The van der Waals surface area contributed by atoms with Gasteiger partial charge in [-0.05, 0) is 75.8 Å². The van der Waals surface area contributed by atoms with E-state index in [0.29, 0.717) is 0 Å². The highest BCUT2D eigenvalue weighted by Gasteiger charge is 2.35. The third kappa shape index (κ3) is 3.50. The molecule has 0 amide bonds. The maximum Gasteiger partial charge on any atom is 0.113 e. The zero-order valence-electron chi connectivity index (χ0n) is 24.8. The van der Waals surface area contributed by atoms with Gasteiger partial charge in [0.25, 0.3) is 0 Å². The lowest BCUT2D eigenvalue weighted by Gasteiger charge is -2.22. The fourth-order valence-electron chi connectivity index (χ4n) is 7.51. The van der Waals surface area contributed by atoms with E-state index in [1.165, 1.54) is 66.3 Å². The average Bonchev–Trinajstić information content (AvgIpc) is 3.70. The number of fused-ring (bicyclic) bond motifs is 8. The Hall–Kier alpha value is -5.28. The quantitative estimate of drug-likeness (QED) is 0.191. The van der Waals surface area contributed by atoms with Crippen LogP contribution in [0.3, 0.4) is 0 Å². The Morgan fingerprint density at radius 3 is 2.07 bits per heavy atom. The summed E-state index contributed by atoms with van der Waals surface area (Å²) in [5.74, 6) is 0. The van der Waals surface area contributed by atoms with Crippen molar-refractivity contribution < 1.29 is 0 Å². The van der Waals surface area contributed by atoms with Gasteiger partial charge in [0.2, 0.25) is 0 Å². The van der Waals surface area contributed by atoms with Gasteiger partial charge < -0.3 is 9.13 Å². The maximum atomic E-state index is 6.35. The van der Waals surface area contributed by atoms with Crippen LogP contribution >= 0.6 is 0 Å². The van der Waals surface area contributed by atoms with Gasteiger partial charge in [-0.25, -0.2) is 0 Å².